The van der Waals surface area contributed by atoms with Crippen LogP contribution < -0.4 is 0 Å². The summed E-state index contributed by atoms with van der Waals surface area (Å²) in [4.78, 5) is 37.2. The zero-order valence-electron chi connectivity index (χ0n) is 19.7. The van der Waals surface area contributed by atoms with Crippen LogP contribution in [0.3, 0.4) is 0 Å². The first kappa shape index (κ1) is 28.2. The van der Waals surface area contributed by atoms with Crippen LogP contribution in [0.2, 0.25) is 5.02 Å². The van der Waals surface area contributed by atoms with Crippen molar-refractivity contribution in [3.63, 3.8) is 0 Å². The zero-order chi connectivity index (χ0) is 25.6. The second kappa shape index (κ2) is 15.0. The molecule has 1 aliphatic heterocycles. The summed E-state index contributed by atoms with van der Waals surface area (Å²) in [6.45, 7) is 4.68. The van der Waals surface area contributed by atoms with Crippen molar-refractivity contribution in [2.24, 2.45) is 0 Å². The number of carboxylic acid groups (broad SMARTS) is 2. The van der Waals surface area contributed by atoms with E-state index in [9.17, 15) is 14.4 Å². The maximum Gasteiger partial charge on any atom is 0.328 e. The fraction of sp³-hybridized carbons (Fsp3) is 0.385. The van der Waals surface area contributed by atoms with E-state index < -0.39 is 11.9 Å². The average molecular weight is 503 g/mol. The van der Waals surface area contributed by atoms with E-state index in [4.69, 9.17) is 26.6 Å². The molecule has 1 aromatic heterocycles. The van der Waals surface area contributed by atoms with Gasteiger partial charge in [0.25, 0.3) is 0 Å². The standard InChI is InChI=1S/C22H27ClN2O2.C4H4O4/c1-17(26)5-4-14-25-15-11-20(12-16-25)27-22(21-6-2-3-13-24-21)18-7-9-19(23)10-8-18;5-3(6)1-2-4(7)8/h2-3,6-10,13,20,22H,4-5,11-12,14-16H2,1H3;1-2H,(H,5,6)(H,7,8)/b;2-1+. The van der Waals surface area contributed by atoms with Gasteiger partial charge in [0.2, 0.25) is 0 Å². The molecule has 1 saturated heterocycles. The molecule has 8 nitrogen and oxygen atoms in total. The lowest BCUT2D eigenvalue weighted by Crippen LogP contribution is -2.38. The number of benzene rings is 1. The maximum absolute atomic E-state index is 11.1. The van der Waals surface area contributed by atoms with Crippen molar-refractivity contribution < 1.29 is 29.3 Å². The second-order valence-corrected chi connectivity index (χ2v) is 8.62. The molecular formula is C26H31ClN2O6. The Labute approximate surface area is 210 Å². The first-order valence-corrected chi connectivity index (χ1v) is 11.8. The fourth-order valence-electron chi connectivity index (χ4n) is 3.64. The lowest BCUT2D eigenvalue weighted by Gasteiger charge is -2.34. The summed E-state index contributed by atoms with van der Waals surface area (Å²) in [6, 6.07) is 13.7. The summed E-state index contributed by atoms with van der Waals surface area (Å²) in [6.07, 6.45) is 6.56. The van der Waals surface area contributed by atoms with Gasteiger partial charge in [-0.1, -0.05) is 29.8 Å². The predicted octanol–water partition coefficient (Wildman–Crippen LogP) is 4.39. The quantitative estimate of drug-likeness (QED) is 0.459. The zero-order valence-corrected chi connectivity index (χ0v) is 20.4. The second-order valence-electron chi connectivity index (χ2n) is 8.18. The third-order valence-corrected chi connectivity index (χ3v) is 5.62. The van der Waals surface area contributed by atoms with Gasteiger partial charge in [-0.05, 0) is 62.6 Å². The van der Waals surface area contributed by atoms with Crippen LogP contribution in [0.1, 0.15) is 50.0 Å². The normalized spacial score (nSPS) is 15.3. The van der Waals surface area contributed by atoms with Gasteiger partial charge in [0, 0.05) is 42.9 Å². The van der Waals surface area contributed by atoms with Gasteiger partial charge >= 0.3 is 11.9 Å². The molecule has 2 aromatic rings. The number of ketones is 1. The molecule has 188 valence electrons. The van der Waals surface area contributed by atoms with Crippen molar-refractivity contribution >= 4 is 29.3 Å². The Morgan fingerprint density at radius 1 is 1.09 bits per heavy atom. The number of hydrogen-bond donors (Lipinski definition) is 2. The number of aliphatic carboxylic acids is 2. The largest absolute Gasteiger partial charge is 0.478 e. The molecule has 2 N–H and O–H groups in total. The highest BCUT2D eigenvalue weighted by atomic mass is 35.5. The summed E-state index contributed by atoms with van der Waals surface area (Å²) in [5.41, 5.74) is 1.99. The predicted molar refractivity (Wildman–Crippen MR) is 132 cm³/mol. The Balaban J connectivity index is 0.000000466. The molecule has 0 spiro atoms. The third-order valence-electron chi connectivity index (χ3n) is 5.36. The molecule has 0 saturated carbocycles. The average Bonchev–Trinajstić information content (AvgIpc) is 2.83. The van der Waals surface area contributed by atoms with Gasteiger partial charge in [-0.25, -0.2) is 9.59 Å². The summed E-state index contributed by atoms with van der Waals surface area (Å²) in [7, 11) is 0. The highest BCUT2D eigenvalue weighted by Crippen LogP contribution is 2.29. The lowest BCUT2D eigenvalue weighted by atomic mass is 10.0. The van der Waals surface area contributed by atoms with E-state index in [0.717, 1.165) is 55.2 Å². The third kappa shape index (κ3) is 11.3. The number of pyridine rings is 1. The lowest BCUT2D eigenvalue weighted by molar-refractivity contribution is -0.134. The van der Waals surface area contributed by atoms with Crippen molar-refractivity contribution in [1.29, 1.82) is 0 Å². The number of nitrogens with zero attached hydrogens (tertiary/aromatic N) is 2. The van der Waals surface area contributed by atoms with Crippen molar-refractivity contribution in [3.8, 4) is 0 Å². The molecule has 9 heteroatoms. The first-order chi connectivity index (χ1) is 16.7. The minimum atomic E-state index is -1.26. The molecule has 35 heavy (non-hydrogen) atoms. The van der Waals surface area contributed by atoms with Gasteiger partial charge in [-0.3, -0.25) is 4.98 Å². The van der Waals surface area contributed by atoms with Crippen molar-refractivity contribution in [1.82, 2.24) is 9.88 Å². The molecule has 1 unspecified atom stereocenters. The molecule has 3 rings (SSSR count). The van der Waals surface area contributed by atoms with E-state index in [1.54, 1.807) is 13.1 Å². The Morgan fingerprint density at radius 2 is 1.71 bits per heavy atom. The molecule has 0 radical (unpaired) electrons. The van der Waals surface area contributed by atoms with Crippen LogP contribution in [0.15, 0.2) is 60.8 Å². The van der Waals surface area contributed by atoms with Gasteiger partial charge < -0.3 is 24.6 Å². The Hall–Kier alpha value is -3.07. The van der Waals surface area contributed by atoms with E-state index in [-0.39, 0.29) is 18.0 Å². The van der Waals surface area contributed by atoms with Crippen LogP contribution >= 0.6 is 11.6 Å². The number of likely N-dealkylation sites (tertiary alicyclic amines) is 1. The van der Waals surface area contributed by atoms with Crippen molar-refractivity contribution in [2.75, 3.05) is 19.6 Å². The molecule has 0 amide bonds. The highest BCUT2D eigenvalue weighted by Gasteiger charge is 2.25. The molecule has 2 heterocycles. The number of carbonyl (C=O) groups is 3. The number of hydrogen-bond acceptors (Lipinski definition) is 6. The van der Waals surface area contributed by atoms with Crippen LogP contribution in [0, 0.1) is 0 Å². The van der Waals surface area contributed by atoms with Crippen molar-refractivity contribution in [3.05, 3.63) is 77.1 Å². The van der Waals surface area contributed by atoms with E-state index >= 15 is 0 Å². The number of aromatic nitrogens is 1. The van der Waals surface area contributed by atoms with Gasteiger partial charge in [0.15, 0.2) is 0 Å². The summed E-state index contributed by atoms with van der Waals surface area (Å²) in [5.74, 6) is -2.24. The minimum Gasteiger partial charge on any atom is -0.478 e. The fourth-order valence-corrected chi connectivity index (χ4v) is 3.77. The molecule has 1 fully saturated rings. The molecule has 1 atom stereocenters. The monoisotopic (exact) mass is 502 g/mol. The van der Waals surface area contributed by atoms with Gasteiger partial charge in [-0.15, -0.1) is 0 Å². The molecule has 1 aromatic carbocycles. The van der Waals surface area contributed by atoms with Crippen LogP contribution in [0.5, 0.6) is 0 Å². The van der Waals surface area contributed by atoms with Crippen LogP contribution in [0.4, 0.5) is 0 Å². The van der Waals surface area contributed by atoms with E-state index in [1.807, 2.05) is 42.5 Å². The SMILES string of the molecule is CC(=O)CCCN1CCC(OC(c2ccc(Cl)cc2)c2ccccn2)CC1.O=C(O)/C=C/C(=O)O. The maximum atomic E-state index is 11.1. The molecule has 0 bridgehead atoms. The van der Waals surface area contributed by atoms with E-state index in [0.29, 0.717) is 18.6 Å². The minimum absolute atomic E-state index is 0.183. The number of halogens is 1. The van der Waals surface area contributed by atoms with Gasteiger partial charge in [0.1, 0.15) is 11.9 Å². The van der Waals surface area contributed by atoms with Gasteiger partial charge in [-0.2, -0.15) is 0 Å². The van der Waals surface area contributed by atoms with Crippen molar-refractivity contribution in [2.45, 2.75) is 44.8 Å². The van der Waals surface area contributed by atoms with Crippen LogP contribution in [-0.2, 0) is 19.1 Å². The number of ether oxygens (including phenoxy) is 1. The van der Waals surface area contributed by atoms with E-state index in [1.165, 1.54) is 0 Å². The number of rotatable bonds is 10. The summed E-state index contributed by atoms with van der Waals surface area (Å²) >= 11 is 6.05. The van der Waals surface area contributed by atoms with Crippen LogP contribution in [-0.4, -0.2) is 63.6 Å². The van der Waals surface area contributed by atoms with Gasteiger partial charge in [0.05, 0.1) is 11.8 Å². The summed E-state index contributed by atoms with van der Waals surface area (Å²) < 4.78 is 6.51. The molecule has 0 aliphatic carbocycles. The number of carboxylic acids is 2. The van der Waals surface area contributed by atoms with E-state index in [2.05, 4.69) is 9.88 Å². The Morgan fingerprint density at radius 3 is 2.23 bits per heavy atom. The topological polar surface area (TPSA) is 117 Å². The number of carbonyl (C=O) groups excluding carboxylic acids is 1. The first-order valence-electron chi connectivity index (χ1n) is 11.4. The highest BCUT2D eigenvalue weighted by molar-refractivity contribution is 6.30. The number of piperidine rings is 1. The Bertz CT molecular complexity index is 957. The van der Waals surface area contributed by atoms with Crippen LogP contribution in [0.25, 0.3) is 0 Å². The molecular weight excluding hydrogens is 472 g/mol. The smallest absolute Gasteiger partial charge is 0.328 e. The molecule has 1 aliphatic rings. The Kier molecular flexibility index (Phi) is 12.1. The number of Topliss-reactive ketones (excluding diaryl/α,β-unsaturated/α-hetero) is 1. The summed E-state index contributed by atoms with van der Waals surface area (Å²) in [5, 5.41) is 16.3.